The first-order valence-electron chi connectivity index (χ1n) is 4.16. The van der Waals surface area contributed by atoms with Gasteiger partial charge in [0.1, 0.15) is 6.04 Å². The number of terminal acetylenes is 1. The van der Waals surface area contributed by atoms with Crippen molar-refractivity contribution in [3.05, 3.63) is 0 Å². The quantitative estimate of drug-likeness (QED) is 0.485. The molecule has 1 N–H and O–H groups in total. The molecule has 3 heteroatoms. The van der Waals surface area contributed by atoms with Crippen LogP contribution in [0.5, 0.6) is 0 Å². The van der Waals surface area contributed by atoms with Crippen LogP contribution < -0.4 is 5.32 Å². The predicted octanol–water partition coefficient (Wildman–Crippen LogP) is 0.303. The molecule has 0 spiro atoms. The molecule has 0 aromatic heterocycles. The molecule has 2 atom stereocenters. The van der Waals surface area contributed by atoms with Crippen molar-refractivity contribution in [1.82, 2.24) is 5.32 Å². The third-order valence-corrected chi connectivity index (χ3v) is 1.95. The summed E-state index contributed by atoms with van der Waals surface area (Å²) in [6, 6.07) is -0.202. The number of nitrogens with one attached hydrogen (secondary N) is 1. The highest BCUT2D eigenvalue weighted by Crippen LogP contribution is 2.07. The van der Waals surface area contributed by atoms with E-state index in [1.807, 2.05) is 6.92 Å². The van der Waals surface area contributed by atoms with E-state index in [1.165, 1.54) is 0 Å². The van der Waals surface area contributed by atoms with Crippen molar-refractivity contribution < 1.29 is 9.53 Å². The lowest BCUT2D eigenvalue weighted by atomic mass is 10.2. The molecule has 0 aromatic rings. The Morgan fingerprint density at radius 2 is 2.67 bits per heavy atom. The Bertz CT molecular complexity index is 207. The monoisotopic (exact) mass is 167 g/mol. The van der Waals surface area contributed by atoms with Crippen LogP contribution in [-0.4, -0.2) is 24.7 Å². The molecule has 1 aliphatic heterocycles. The highest BCUT2D eigenvalue weighted by atomic mass is 16.5. The maximum Gasteiger partial charge on any atom is 0.323 e. The van der Waals surface area contributed by atoms with Crippen LogP contribution in [0.4, 0.5) is 0 Å². The summed E-state index contributed by atoms with van der Waals surface area (Å²) < 4.78 is 4.79. The molecule has 0 aromatic carbocycles. The minimum atomic E-state index is -0.189. The number of esters is 1. The second-order valence-electron chi connectivity index (χ2n) is 2.80. The van der Waals surface area contributed by atoms with E-state index in [0.29, 0.717) is 6.61 Å². The summed E-state index contributed by atoms with van der Waals surface area (Å²) >= 11 is 0. The number of hydrogen-bond donors (Lipinski definition) is 1. The summed E-state index contributed by atoms with van der Waals surface area (Å²) in [5.41, 5.74) is 0. The van der Waals surface area contributed by atoms with Crippen molar-refractivity contribution in [1.29, 1.82) is 0 Å². The summed E-state index contributed by atoms with van der Waals surface area (Å²) in [5.74, 6) is 2.40. The Morgan fingerprint density at radius 1 is 1.92 bits per heavy atom. The lowest BCUT2D eigenvalue weighted by Crippen LogP contribution is -2.39. The molecular formula is C9H13NO2. The minimum absolute atomic E-state index is 0.0133. The summed E-state index contributed by atoms with van der Waals surface area (Å²) in [7, 11) is 0. The van der Waals surface area contributed by atoms with Gasteiger partial charge in [-0.15, -0.1) is 6.42 Å². The fraction of sp³-hybridized carbons (Fsp3) is 0.667. The second kappa shape index (κ2) is 4.13. The van der Waals surface area contributed by atoms with Crippen LogP contribution in [0.2, 0.25) is 0 Å². The molecule has 12 heavy (non-hydrogen) atoms. The second-order valence-corrected chi connectivity index (χ2v) is 2.80. The molecule has 1 saturated heterocycles. The van der Waals surface area contributed by atoms with Gasteiger partial charge < -0.3 is 4.74 Å². The number of carbonyl (C=O) groups excluding carboxylic acids is 1. The Balaban J connectivity index is 2.40. The first-order valence-corrected chi connectivity index (χ1v) is 4.16. The topological polar surface area (TPSA) is 38.3 Å². The summed E-state index contributed by atoms with van der Waals surface area (Å²) in [4.78, 5) is 11.0. The van der Waals surface area contributed by atoms with Crippen LogP contribution in [0, 0.1) is 12.3 Å². The molecule has 2 unspecified atom stereocenters. The van der Waals surface area contributed by atoms with Crippen LogP contribution in [0.25, 0.3) is 0 Å². The Morgan fingerprint density at radius 3 is 3.08 bits per heavy atom. The van der Waals surface area contributed by atoms with Crippen molar-refractivity contribution >= 4 is 5.97 Å². The average Bonchev–Trinajstić information content (AvgIpc) is 2.47. The molecule has 0 saturated carbocycles. The van der Waals surface area contributed by atoms with E-state index in [9.17, 15) is 4.79 Å². The number of carbonyl (C=O) groups is 1. The summed E-state index contributed by atoms with van der Waals surface area (Å²) in [6.07, 6.45) is 6.81. The van der Waals surface area contributed by atoms with Gasteiger partial charge in [0.25, 0.3) is 0 Å². The molecule has 1 heterocycles. The zero-order valence-electron chi connectivity index (χ0n) is 7.17. The normalized spacial score (nSPS) is 24.7. The zero-order chi connectivity index (χ0) is 8.97. The van der Waals surface area contributed by atoms with Gasteiger partial charge in [-0.3, -0.25) is 10.1 Å². The van der Waals surface area contributed by atoms with E-state index >= 15 is 0 Å². The lowest BCUT2D eigenvalue weighted by molar-refractivity contribution is -0.139. The molecule has 1 fully saturated rings. The van der Waals surface area contributed by atoms with Crippen LogP contribution in [-0.2, 0) is 9.53 Å². The molecule has 0 aliphatic carbocycles. The Kier molecular flexibility index (Phi) is 3.12. The smallest absolute Gasteiger partial charge is 0.323 e. The van der Waals surface area contributed by atoms with Crippen molar-refractivity contribution in [3.63, 3.8) is 0 Å². The van der Waals surface area contributed by atoms with Crippen molar-refractivity contribution in [2.45, 2.75) is 31.8 Å². The molecular weight excluding hydrogens is 154 g/mol. The van der Waals surface area contributed by atoms with Crippen molar-refractivity contribution in [2.75, 3.05) is 6.61 Å². The summed E-state index contributed by atoms with van der Waals surface area (Å²) in [5, 5.41) is 3.05. The van der Waals surface area contributed by atoms with Gasteiger partial charge in [0, 0.05) is 6.42 Å². The molecule has 0 amide bonds. The van der Waals surface area contributed by atoms with E-state index in [0.717, 1.165) is 12.8 Å². The van der Waals surface area contributed by atoms with Gasteiger partial charge in [0.05, 0.1) is 12.6 Å². The largest absolute Gasteiger partial charge is 0.464 e. The number of cyclic esters (lactones) is 1. The van der Waals surface area contributed by atoms with E-state index in [-0.39, 0.29) is 18.1 Å². The molecule has 1 rings (SSSR count). The van der Waals surface area contributed by atoms with Gasteiger partial charge >= 0.3 is 5.97 Å². The third-order valence-electron chi connectivity index (χ3n) is 1.95. The van der Waals surface area contributed by atoms with Gasteiger partial charge in [-0.25, -0.2) is 0 Å². The van der Waals surface area contributed by atoms with Crippen LogP contribution in [0.3, 0.4) is 0 Å². The molecule has 66 valence electrons. The molecule has 0 radical (unpaired) electrons. The van der Waals surface area contributed by atoms with Crippen molar-refractivity contribution in [2.24, 2.45) is 0 Å². The molecule has 3 nitrogen and oxygen atoms in total. The lowest BCUT2D eigenvalue weighted by Gasteiger charge is -2.13. The van der Waals surface area contributed by atoms with Gasteiger partial charge in [-0.05, 0) is 6.42 Å². The van der Waals surface area contributed by atoms with E-state index in [1.54, 1.807) is 0 Å². The third kappa shape index (κ3) is 1.99. The van der Waals surface area contributed by atoms with Crippen molar-refractivity contribution in [3.8, 4) is 12.3 Å². The van der Waals surface area contributed by atoms with Gasteiger partial charge in [-0.2, -0.15) is 0 Å². The van der Waals surface area contributed by atoms with E-state index in [4.69, 9.17) is 11.2 Å². The predicted molar refractivity (Wildman–Crippen MR) is 45.4 cm³/mol. The first-order chi connectivity index (χ1) is 5.77. The number of ether oxygens (including phenoxy) is 1. The minimum Gasteiger partial charge on any atom is -0.464 e. The maximum absolute atomic E-state index is 11.0. The average molecular weight is 167 g/mol. The SMILES string of the molecule is C#CC(CC)NC1CCOC1=O. The fourth-order valence-corrected chi connectivity index (χ4v) is 1.17. The molecule has 0 bridgehead atoms. The van der Waals surface area contributed by atoms with E-state index < -0.39 is 0 Å². The van der Waals surface area contributed by atoms with E-state index in [2.05, 4.69) is 11.2 Å². The Labute approximate surface area is 72.5 Å². The van der Waals surface area contributed by atoms with Crippen LogP contribution >= 0.6 is 0 Å². The fourth-order valence-electron chi connectivity index (χ4n) is 1.17. The molecule has 1 aliphatic rings. The number of hydrogen-bond acceptors (Lipinski definition) is 3. The maximum atomic E-state index is 11.0. The zero-order valence-corrected chi connectivity index (χ0v) is 7.17. The summed E-state index contributed by atoms with van der Waals surface area (Å²) in [6.45, 7) is 2.50. The highest BCUT2D eigenvalue weighted by molar-refractivity contribution is 5.77. The van der Waals surface area contributed by atoms with Crippen LogP contribution in [0.1, 0.15) is 19.8 Å². The van der Waals surface area contributed by atoms with Gasteiger partial charge in [0.2, 0.25) is 0 Å². The Hall–Kier alpha value is -1.01. The highest BCUT2D eigenvalue weighted by Gasteiger charge is 2.27. The van der Waals surface area contributed by atoms with Crippen LogP contribution in [0.15, 0.2) is 0 Å². The standard InChI is InChI=1S/C9H13NO2/c1-3-7(4-2)10-8-5-6-12-9(8)11/h1,7-8,10H,4-6H2,2H3. The van der Waals surface area contributed by atoms with Gasteiger partial charge in [0.15, 0.2) is 0 Å². The number of rotatable bonds is 3. The first kappa shape index (κ1) is 9.08. The van der Waals surface area contributed by atoms with Gasteiger partial charge in [-0.1, -0.05) is 12.8 Å².